The van der Waals surface area contributed by atoms with Crippen LogP contribution in [-0.4, -0.2) is 16.8 Å². The quantitative estimate of drug-likeness (QED) is 0.675. The number of thiazole rings is 1. The van der Waals surface area contributed by atoms with Crippen molar-refractivity contribution in [3.05, 3.63) is 53.6 Å². The highest BCUT2D eigenvalue weighted by atomic mass is 32.1. The van der Waals surface area contributed by atoms with Crippen molar-refractivity contribution < 1.29 is 18.4 Å². The van der Waals surface area contributed by atoms with E-state index in [-0.39, 0.29) is 16.6 Å². The molecule has 0 spiro atoms. The van der Waals surface area contributed by atoms with Gasteiger partial charge in [-0.15, -0.1) is 0 Å². The number of benzene rings is 2. The molecule has 0 saturated heterocycles. The monoisotopic (exact) mass is 389 g/mol. The fraction of sp³-hybridized carbons (Fsp3) is 0.211. The fourth-order valence-corrected chi connectivity index (χ4v) is 3.07. The van der Waals surface area contributed by atoms with Crippen LogP contribution in [0.15, 0.2) is 36.4 Å². The van der Waals surface area contributed by atoms with Gasteiger partial charge in [0.1, 0.15) is 0 Å². The second-order valence-electron chi connectivity index (χ2n) is 6.99. The Labute approximate surface area is 158 Å². The van der Waals surface area contributed by atoms with E-state index >= 15 is 0 Å². The van der Waals surface area contributed by atoms with E-state index in [1.165, 1.54) is 0 Å². The van der Waals surface area contributed by atoms with Gasteiger partial charge in [0.25, 0.3) is 5.91 Å². The largest absolute Gasteiger partial charge is 0.326 e. The van der Waals surface area contributed by atoms with Crippen LogP contribution in [0, 0.1) is 17.0 Å². The number of rotatable bonds is 3. The molecule has 2 aromatic carbocycles. The second-order valence-corrected chi connectivity index (χ2v) is 8.02. The Balaban J connectivity index is 1.78. The predicted octanol–water partition coefficient (Wildman–Crippen LogP) is 4.81. The van der Waals surface area contributed by atoms with Crippen LogP contribution in [0.3, 0.4) is 0 Å². The minimum Gasteiger partial charge on any atom is -0.326 e. The summed E-state index contributed by atoms with van der Waals surface area (Å²) >= 11 is 1.04. The Kier molecular flexibility index (Phi) is 4.93. The Morgan fingerprint density at radius 1 is 1.04 bits per heavy atom. The normalized spacial score (nSPS) is 11.4. The number of anilines is 2. The zero-order chi connectivity index (χ0) is 19.8. The maximum atomic E-state index is 13.3. The maximum Gasteiger partial charge on any atom is 0.257 e. The zero-order valence-corrected chi connectivity index (χ0v) is 15.7. The molecule has 27 heavy (non-hydrogen) atoms. The summed E-state index contributed by atoms with van der Waals surface area (Å²) in [5, 5.41) is 5.59. The van der Waals surface area contributed by atoms with E-state index in [1.807, 2.05) is 0 Å². The van der Waals surface area contributed by atoms with Gasteiger partial charge in [-0.3, -0.25) is 14.9 Å². The van der Waals surface area contributed by atoms with Crippen molar-refractivity contribution in [1.29, 1.82) is 0 Å². The van der Waals surface area contributed by atoms with Gasteiger partial charge in [0.15, 0.2) is 16.8 Å². The number of fused-ring (bicyclic) bond motifs is 1. The minimum absolute atomic E-state index is 0.171. The molecule has 0 unspecified atom stereocenters. The Hall–Kier alpha value is -2.87. The molecule has 0 aliphatic rings. The number of nitrogens with zero attached hydrogens (tertiary/aromatic N) is 1. The molecule has 0 atom stereocenters. The van der Waals surface area contributed by atoms with Crippen LogP contribution in [-0.2, 0) is 4.79 Å². The predicted molar refractivity (Wildman–Crippen MR) is 102 cm³/mol. The lowest BCUT2D eigenvalue weighted by Crippen LogP contribution is -2.27. The van der Waals surface area contributed by atoms with Crippen LogP contribution in [0.1, 0.15) is 31.1 Å². The average molecular weight is 389 g/mol. The summed E-state index contributed by atoms with van der Waals surface area (Å²) in [6.07, 6.45) is 0. The van der Waals surface area contributed by atoms with E-state index in [2.05, 4.69) is 15.6 Å². The summed E-state index contributed by atoms with van der Waals surface area (Å²) in [5.41, 5.74) is 0.513. The van der Waals surface area contributed by atoms with Gasteiger partial charge in [-0.1, -0.05) is 38.2 Å². The molecule has 2 amide bonds. The molecule has 0 fully saturated rings. The standard InChI is InChI=1S/C19H17F2N3O2S/c1-19(2,3)17(26)22-11-6-4-5-10(7-11)16(25)24-18-23-14-8-12(20)13(21)9-15(14)27-18/h4-9H,1-3H3,(H,22,26)(H,23,24,25). The van der Waals surface area contributed by atoms with Crippen LogP contribution in [0.25, 0.3) is 10.2 Å². The number of nitrogens with one attached hydrogen (secondary N) is 2. The molecule has 0 aliphatic heterocycles. The van der Waals surface area contributed by atoms with E-state index in [4.69, 9.17) is 0 Å². The van der Waals surface area contributed by atoms with Crippen molar-refractivity contribution in [3.8, 4) is 0 Å². The Bertz CT molecular complexity index is 1000. The van der Waals surface area contributed by atoms with Crippen molar-refractivity contribution in [2.45, 2.75) is 20.8 Å². The second kappa shape index (κ2) is 7.03. The minimum atomic E-state index is -0.993. The smallest absolute Gasteiger partial charge is 0.257 e. The lowest BCUT2D eigenvalue weighted by atomic mass is 9.95. The number of hydrogen-bond donors (Lipinski definition) is 2. The van der Waals surface area contributed by atoms with Crippen LogP contribution in [0.5, 0.6) is 0 Å². The molecule has 2 N–H and O–H groups in total. The van der Waals surface area contributed by atoms with E-state index in [9.17, 15) is 18.4 Å². The van der Waals surface area contributed by atoms with Crippen LogP contribution in [0.2, 0.25) is 0 Å². The average Bonchev–Trinajstić information content (AvgIpc) is 2.95. The van der Waals surface area contributed by atoms with E-state index < -0.39 is 23.0 Å². The Morgan fingerprint density at radius 3 is 2.44 bits per heavy atom. The number of halogens is 2. The molecule has 0 radical (unpaired) electrons. The highest BCUT2D eigenvalue weighted by Crippen LogP contribution is 2.28. The molecule has 0 aliphatic carbocycles. The third-order valence-electron chi connectivity index (χ3n) is 3.71. The van der Waals surface area contributed by atoms with E-state index in [0.717, 1.165) is 23.5 Å². The summed E-state index contributed by atoms with van der Waals surface area (Å²) in [7, 11) is 0. The lowest BCUT2D eigenvalue weighted by Gasteiger charge is -2.17. The molecule has 140 valence electrons. The molecule has 1 aromatic heterocycles. The van der Waals surface area contributed by atoms with Gasteiger partial charge in [-0.2, -0.15) is 0 Å². The van der Waals surface area contributed by atoms with E-state index in [1.54, 1.807) is 45.0 Å². The zero-order valence-electron chi connectivity index (χ0n) is 14.9. The van der Waals surface area contributed by atoms with Gasteiger partial charge in [0.2, 0.25) is 5.91 Å². The first-order valence-corrected chi connectivity index (χ1v) is 8.93. The van der Waals surface area contributed by atoms with Crippen molar-refractivity contribution in [2.75, 3.05) is 10.6 Å². The molecule has 5 nitrogen and oxygen atoms in total. The van der Waals surface area contributed by atoms with Gasteiger partial charge in [-0.05, 0) is 24.3 Å². The molecule has 0 bridgehead atoms. The van der Waals surface area contributed by atoms with Gasteiger partial charge < -0.3 is 5.32 Å². The van der Waals surface area contributed by atoms with E-state index in [0.29, 0.717) is 16.0 Å². The molecular formula is C19H17F2N3O2S. The topological polar surface area (TPSA) is 71.1 Å². The summed E-state index contributed by atoms with van der Waals surface area (Å²) in [5.74, 6) is -2.57. The lowest BCUT2D eigenvalue weighted by molar-refractivity contribution is -0.123. The van der Waals surface area contributed by atoms with Gasteiger partial charge in [-0.25, -0.2) is 13.8 Å². The van der Waals surface area contributed by atoms with Crippen molar-refractivity contribution in [1.82, 2.24) is 4.98 Å². The maximum absolute atomic E-state index is 13.3. The van der Waals surface area contributed by atoms with Gasteiger partial charge >= 0.3 is 0 Å². The number of amides is 2. The first-order valence-electron chi connectivity index (χ1n) is 8.12. The fourth-order valence-electron chi connectivity index (χ4n) is 2.20. The van der Waals surface area contributed by atoms with Gasteiger partial charge in [0, 0.05) is 22.7 Å². The number of hydrogen-bond acceptors (Lipinski definition) is 4. The third kappa shape index (κ3) is 4.28. The van der Waals surface area contributed by atoms with Crippen LogP contribution >= 0.6 is 11.3 Å². The summed E-state index contributed by atoms with van der Waals surface area (Å²) < 4.78 is 27.0. The number of carbonyl (C=O) groups excluding carboxylic acids is 2. The van der Waals surface area contributed by atoms with Crippen molar-refractivity contribution >= 4 is 44.2 Å². The van der Waals surface area contributed by atoms with Gasteiger partial charge in [0.05, 0.1) is 10.2 Å². The molecule has 0 saturated carbocycles. The number of aromatic nitrogens is 1. The molecule has 3 aromatic rings. The summed E-state index contributed by atoms with van der Waals surface area (Å²) in [6.45, 7) is 5.37. The van der Waals surface area contributed by atoms with Crippen LogP contribution < -0.4 is 10.6 Å². The molecule has 8 heteroatoms. The molecule has 1 heterocycles. The van der Waals surface area contributed by atoms with Crippen molar-refractivity contribution in [3.63, 3.8) is 0 Å². The third-order valence-corrected chi connectivity index (χ3v) is 4.65. The highest BCUT2D eigenvalue weighted by molar-refractivity contribution is 7.22. The first kappa shape index (κ1) is 18.9. The first-order chi connectivity index (χ1) is 12.6. The molecule has 3 rings (SSSR count). The van der Waals surface area contributed by atoms with Crippen molar-refractivity contribution in [2.24, 2.45) is 5.41 Å². The Morgan fingerprint density at radius 2 is 1.74 bits per heavy atom. The highest BCUT2D eigenvalue weighted by Gasteiger charge is 2.21. The SMILES string of the molecule is CC(C)(C)C(=O)Nc1cccc(C(=O)Nc2nc3cc(F)c(F)cc3s2)c1. The number of carbonyl (C=O) groups is 2. The molecular weight excluding hydrogens is 372 g/mol. The summed E-state index contributed by atoms with van der Waals surface area (Å²) in [4.78, 5) is 28.6. The van der Waals surface area contributed by atoms with Crippen LogP contribution in [0.4, 0.5) is 19.6 Å². The summed E-state index contributed by atoms with van der Waals surface area (Å²) in [6, 6.07) is 8.50.